The van der Waals surface area contributed by atoms with Gasteiger partial charge in [0.2, 0.25) is 0 Å². The molecule has 0 bridgehead atoms. The molecule has 0 fully saturated rings. The van der Waals surface area contributed by atoms with Crippen LogP contribution >= 0.6 is 15.9 Å². The van der Waals surface area contributed by atoms with Gasteiger partial charge in [0.25, 0.3) is 6.47 Å². The lowest BCUT2D eigenvalue weighted by atomic mass is 10.1. The van der Waals surface area contributed by atoms with Gasteiger partial charge in [-0.1, -0.05) is 0 Å². The van der Waals surface area contributed by atoms with Gasteiger partial charge in [-0.05, 0) is 40.5 Å². The number of aryl methyl sites for hydroxylation is 1. The Morgan fingerprint density at radius 1 is 1.57 bits per heavy atom. The second-order valence-electron chi connectivity index (χ2n) is 2.64. The molecule has 0 aliphatic carbocycles. The van der Waals surface area contributed by atoms with Gasteiger partial charge < -0.3 is 9.84 Å². The number of ether oxygens (including phenoxy) is 1. The van der Waals surface area contributed by atoms with Crippen LogP contribution in [0.4, 0.5) is 0 Å². The summed E-state index contributed by atoms with van der Waals surface area (Å²) in [5.74, 6) is -1.11. The summed E-state index contributed by atoms with van der Waals surface area (Å²) >= 11 is 3.12. The minimum atomic E-state index is -1.13. The Kier molecular flexibility index (Phi) is 3.24. The molecule has 0 aliphatic heterocycles. The Bertz CT molecular complexity index is 387. The largest absolute Gasteiger partial charge is 0.478 e. The molecule has 5 heteroatoms. The molecule has 0 saturated carbocycles. The van der Waals surface area contributed by atoms with E-state index in [9.17, 15) is 9.59 Å². The highest BCUT2D eigenvalue weighted by atomic mass is 79.9. The summed E-state index contributed by atoms with van der Waals surface area (Å²) in [6.45, 7) is 1.95. The Morgan fingerprint density at radius 2 is 2.21 bits per heavy atom. The topological polar surface area (TPSA) is 63.6 Å². The highest BCUT2D eigenvalue weighted by Crippen LogP contribution is 2.30. The smallest absolute Gasteiger partial charge is 0.339 e. The van der Waals surface area contributed by atoms with E-state index in [1.54, 1.807) is 13.0 Å². The van der Waals surface area contributed by atoms with Crippen molar-refractivity contribution in [3.63, 3.8) is 0 Å². The first-order valence-electron chi connectivity index (χ1n) is 3.70. The van der Waals surface area contributed by atoms with E-state index in [0.29, 0.717) is 4.47 Å². The minimum absolute atomic E-state index is 0.0260. The van der Waals surface area contributed by atoms with Crippen LogP contribution in [0.25, 0.3) is 0 Å². The van der Waals surface area contributed by atoms with E-state index in [0.717, 1.165) is 5.56 Å². The summed E-state index contributed by atoms with van der Waals surface area (Å²) in [6.07, 6.45) is 0. The molecule has 14 heavy (non-hydrogen) atoms. The van der Waals surface area contributed by atoms with E-state index in [-0.39, 0.29) is 17.8 Å². The van der Waals surface area contributed by atoms with E-state index < -0.39 is 5.97 Å². The number of carboxylic acids is 1. The average Bonchev–Trinajstić information content (AvgIpc) is 2.09. The van der Waals surface area contributed by atoms with Crippen LogP contribution in [0.2, 0.25) is 0 Å². The molecule has 0 unspecified atom stereocenters. The van der Waals surface area contributed by atoms with Gasteiger partial charge in [-0.15, -0.1) is 0 Å². The number of aromatic carboxylic acids is 1. The van der Waals surface area contributed by atoms with Gasteiger partial charge in [0.05, 0.1) is 4.47 Å². The number of halogens is 1. The number of carboxylic acid groups (broad SMARTS) is 1. The van der Waals surface area contributed by atoms with Crippen LogP contribution in [-0.2, 0) is 4.79 Å². The summed E-state index contributed by atoms with van der Waals surface area (Å²) in [5, 5.41) is 8.82. The average molecular weight is 259 g/mol. The number of hydrogen-bond acceptors (Lipinski definition) is 3. The molecule has 1 aromatic rings. The third kappa shape index (κ3) is 2.11. The van der Waals surface area contributed by atoms with E-state index in [4.69, 9.17) is 5.11 Å². The first kappa shape index (κ1) is 10.7. The lowest BCUT2D eigenvalue weighted by Crippen LogP contribution is -2.03. The third-order valence-corrected chi connectivity index (χ3v) is 2.17. The molecular formula is C9H7BrO4. The van der Waals surface area contributed by atoms with E-state index in [1.807, 2.05) is 0 Å². The van der Waals surface area contributed by atoms with Crippen molar-refractivity contribution < 1.29 is 19.4 Å². The van der Waals surface area contributed by atoms with Crippen molar-refractivity contribution in [1.29, 1.82) is 0 Å². The number of benzene rings is 1. The van der Waals surface area contributed by atoms with Gasteiger partial charge in [0.15, 0.2) is 5.75 Å². The first-order chi connectivity index (χ1) is 6.56. The molecule has 0 atom stereocenters. The lowest BCUT2D eigenvalue weighted by molar-refractivity contribution is -0.120. The van der Waals surface area contributed by atoms with Crippen LogP contribution in [0.3, 0.4) is 0 Å². The van der Waals surface area contributed by atoms with Crippen molar-refractivity contribution in [3.05, 3.63) is 27.7 Å². The van der Waals surface area contributed by atoms with Crippen molar-refractivity contribution in [2.45, 2.75) is 6.92 Å². The fourth-order valence-corrected chi connectivity index (χ4v) is 1.72. The van der Waals surface area contributed by atoms with E-state index in [2.05, 4.69) is 20.7 Å². The first-order valence-corrected chi connectivity index (χ1v) is 4.49. The molecule has 0 heterocycles. The minimum Gasteiger partial charge on any atom is -0.478 e. The van der Waals surface area contributed by atoms with Crippen LogP contribution in [0.5, 0.6) is 5.75 Å². The second-order valence-corrected chi connectivity index (χ2v) is 3.50. The molecule has 0 radical (unpaired) electrons. The number of hydrogen-bond donors (Lipinski definition) is 1. The maximum absolute atomic E-state index is 10.8. The van der Waals surface area contributed by atoms with Gasteiger partial charge in [-0.2, -0.15) is 0 Å². The quantitative estimate of drug-likeness (QED) is 0.843. The molecule has 0 spiro atoms. The Morgan fingerprint density at radius 3 is 2.71 bits per heavy atom. The normalized spacial score (nSPS) is 9.57. The number of rotatable bonds is 3. The molecule has 1 aromatic carbocycles. The molecule has 4 nitrogen and oxygen atoms in total. The predicted molar refractivity (Wildman–Crippen MR) is 52.5 cm³/mol. The van der Waals surface area contributed by atoms with Crippen molar-refractivity contribution in [2.24, 2.45) is 0 Å². The third-order valence-electron chi connectivity index (χ3n) is 1.58. The molecule has 74 valence electrons. The maximum Gasteiger partial charge on any atom is 0.339 e. The fourth-order valence-electron chi connectivity index (χ4n) is 1.06. The predicted octanol–water partition coefficient (Wildman–Crippen LogP) is 1.99. The summed E-state index contributed by atoms with van der Waals surface area (Å²) in [4.78, 5) is 20.9. The zero-order valence-corrected chi connectivity index (χ0v) is 8.87. The summed E-state index contributed by atoms with van der Waals surface area (Å²) in [7, 11) is 0. The summed E-state index contributed by atoms with van der Waals surface area (Å²) in [5.41, 5.74) is 0.733. The van der Waals surface area contributed by atoms with Crippen molar-refractivity contribution in [3.8, 4) is 5.75 Å². The standard InChI is InChI=1S/C9H7BrO4/c1-5-2-6(9(12)13)8(14-4-11)7(10)3-5/h2-4H,1H3,(H,12,13). The van der Waals surface area contributed by atoms with Crippen molar-refractivity contribution in [1.82, 2.24) is 0 Å². The fraction of sp³-hybridized carbons (Fsp3) is 0.111. The summed E-state index contributed by atoms with van der Waals surface area (Å²) in [6, 6.07) is 3.11. The zero-order valence-electron chi connectivity index (χ0n) is 7.28. The SMILES string of the molecule is Cc1cc(Br)c(OC=O)c(C(=O)O)c1. The molecule has 0 aliphatic rings. The molecule has 1 N–H and O–H groups in total. The Labute approximate surface area is 88.6 Å². The Hall–Kier alpha value is -1.36. The van der Waals surface area contributed by atoms with E-state index in [1.165, 1.54) is 6.07 Å². The van der Waals surface area contributed by atoms with Crippen LogP contribution in [0, 0.1) is 6.92 Å². The highest BCUT2D eigenvalue weighted by molar-refractivity contribution is 9.10. The second kappa shape index (κ2) is 4.23. The van der Waals surface area contributed by atoms with Crippen LogP contribution in [0.1, 0.15) is 15.9 Å². The molecule has 0 amide bonds. The van der Waals surface area contributed by atoms with Gasteiger partial charge in [-0.25, -0.2) is 4.79 Å². The van der Waals surface area contributed by atoms with Crippen LogP contribution in [-0.4, -0.2) is 17.5 Å². The van der Waals surface area contributed by atoms with Gasteiger partial charge in [-0.3, -0.25) is 4.79 Å². The molecule has 1 rings (SSSR count). The molecular weight excluding hydrogens is 252 g/mol. The van der Waals surface area contributed by atoms with Crippen LogP contribution < -0.4 is 4.74 Å². The van der Waals surface area contributed by atoms with Gasteiger partial charge >= 0.3 is 5.97 Å². The number of carbonyl (C=O) groups excluding carboxylic acids is 1. The maximum atomic E-state index is 10.8. The lowest BCUT2D eigenvalue weighted by Gasteiger charge is -2.06. The monoisotopic (exact) mass is 258 g/mol. The van der Waals surface area contributed by atoms with Crippen LogP contribution in [0.15, 0.2) is 16.6 Å². The highest BCUT2D eigenvalue weighted by Gasteiger charge is 2.15. The molecule has 0 saturated heterocycles. The zero-order chi connectivity index (χ0) is 10.7. The van der Waals surface area contributed by atoms with Gasteiger partial charge in [0, 0.05) is 0 Å². The number of carbonyl (C=O) groups is 2. The van der Waals surface area contributed by atoms with Gasteiger partial charge in [0.1, 0.15) is 5.56 Å². The van der Waals surface area contributed by atoms with Crippen molar-refractivity contribution in [2.75, 3.05) is 0 Å². The molecule has 0 aromatic heterocycles. The summed E-state index contributed by atoms with van der Waals surface area (Å²) < 4.78 is 5.02. The van der Waals surface area contributed by atoms with Crippen molar-refractivity contribution >= 4 is 28.4 Å². The Balaban J connectivity index is 3.35. The van der Waals surface area contributed by atoms with E-state index >= 15 is 0 Å².